The van der Waals surface area contributed by atoms with Gasteiger partial charge in [-0.05, 0) is 73.7 Å². The summed E-state index contributed by atoms with van der Waals surface area (Å²) in [6.45, 7) is 11.3. The number of benzene rings is 2. The molecule has 2 aliphatic rings. The molecule has 282 valence electrons. The molecule has 0 saturated heterocycles. The zero-order valence-electron chi connectivity index (χ0n) is 30.7. The summed E-state index contributed by atoms with van der Waals surface area (Å²) < 4.78 is 0.949. The first kappa shape index (κ1) is 42.5. The zero-order valence-corrected chi connectivity index (χ0v) is 32.3. The van der Waals surface area contributed by atoms with Crippen LogP contribution >= 0.6 is 15.9 Å². The van der Waals surface area contributed by atoms with Gasteiger partial charge in [-0.1, -0.05) is 69.3 Å². The Labute approximate surface area is 323 Å². The molecule has 11 heteroatoms. The first-order valence-electron chi connectivity index (χ1n) is 18.1. The van der Waals surface area contributed by atoms with Crippen LogP contribution in [0.4, 0.5) is 11.4 Å². The standard InChI is InChI=1S/C24H28N4O2.C17H22BrN3O.CH4/c1-3-10-28(11-4-2)24(30)20-14-18-8-7-17(12-21(18)27-23(25)15-20)13-22(29)19-6-5-9-26-16-19;1-3-7-21(8-4-2)17(22)13-9-12-5-6-14(18)11-15(12)20-16(19)10-13;/h5-9,12,14,16H,3-4,10-11,13,15H2,1-2H3,(H2,25,27);5-6,9,11H,3-4,7-8,10H2,1-2H3,(H2,19,20);1H4. The van der Waals surface area contributed by atoms with Crippen LogP contribution in [0.5, 0.6) is 0 Å². The van der Waals surface area contributed by atoms with Gasteiger partial charge in [0, 0.05) is 90.1 Å². The van der Waals surface area contributed by atoms with Gasteiger partial charge >= 0.3 is 0 Å². The van der Waals surface area contributed by atoms with Gasteiger partial charge < -0.3 is 21.3 Å². The summed E-state index contributed by atoms with van der Waals surface area (Å²) in [5.74, 6) is 0.953. The van der Waals surface area contributed by atoms with E-state index in [0.29, 0.717) is 46.9 Å². The number of hydrogen-bond donors (Lipinski definition) is 2. The summed E-state index contributed by atoms with van der Waals surface area (Å²) >= 11 is 3.44. The molecule has 3 aromatic rings. The topological polar surface area (TPSA) is 147 Å². The molecular formula is C42H54BrN7O3. The normalized spacial score (nSPS) is 13.1. The van der Waals surface area contributed by atoms with Gasteiger partial charge in [0.05, 0.1) is 11.4 Å². The lowest BCUT2D eigenvalue weighted by Gasteiger charge is -2.22. The number of aliphatic imine (C=N–C) groups is 2. The SMILES string of the molecule is C.CCCN(CCC)C(=O)C1=Cc2ccc(Br)cc2N=C(N)C1.CCCN(CCC)C(=O)C1=Cc2ccc(CC(=O)c3cccnc3)cc2N=C(N)C1. The van der Waals surface area contributed by atoms with E-state index >= 15 is 0 Å². The third-order valence-corrected chi connectivity index (χ3v) is 8.96. The van der Waals surface area contributed by atoms with E-state index in [1.54, 1.807) is 24.5 Å². The third-order valence-electron chi connectivity index (χ3n) is 8.46. The van der Waals surface area contributed by atoms with Gasteiger partial charge in [0.2, 0.25) is 11.8 Å². The van der Waals surface area contributed by atoms with Crippen molar-refractivity contribution in [2.24, 2.45) is 21.5 Å². The smallest absolute Gasteiger partial charge is 0.250 e. The Kier molecular flexibility index (Phi) is 16.8. The van der Waals surface area contributed by atoms with E-state index in [0.717, 1.165) is 78.7 Å². The van der Waals surface area contributed by atoms with Crippen LogP contribution in [-0.4, -0.2) is 70.2 Å². The Balaban J connectivity index is 0.000000293. The van der Waals surface area contributed by atoms with Gasteiger partial charge in [-0.15, -0.1) is 0 Å². The summed E-state index contributed by atoms with van der Waals surface area (Å²) in [6, 6.07) is 15.0. The number of Topliss-reactive ketones (excluding diaryl/α,β-unsaturated/α-hetero) is 1. The highest BCUT2D eigenvalue weighted by molar-refractivity contribution is 9.10. The van der Waals surface area contributed by atoms with Crippen molar-refractivity contribution in [2.45, 2.75) is 80.1 Å². The van der Waals surface area contributed by atoms with E-state index in [1.807, 2.05) is 58.4 Å². The lowest BCUT2D eigenvalue weighted by atomic mass is 10.0. The average Bonchev–Trinajstić information content (AvgIpc) is 3.40. The summed E-state index contributed by atoms with van der Waals surface area (Å²) in [5, 5.41) is 0. The highest BCUT2D eigenvalue weighted by Gasteiger charge is 2.22. The number of hydrogen-bond acceptors (Lipinski definition) is 8. The van der Waals surface area contributed by atoms with Gasteiger partial charge in [-0.3, -0.25) is 19.4 Å². The van der Waals surface area contributed by atoms with Crippen LogP contribution in [0.25, 0.3) is 12.2 Å². The molecule has 0 unspecified atom stereocenters. The maximum absolute atomic E-state index is 13.1. The second-order valence-electron chi connectivity index (χ2n) is 12.9. The van der Waals surface area contributed by atoms with Crippen LogP contribution in [0.15, 0.2) is 86.5 Å². The van der Waals surface area contributed by atoms with E-state index in [1.165, 1.54) is 0 Å². The molecule has 2 amide bonds. The number of pyridine rings is 1. The van der Waals surface area contributed by atoms with Gasteiger partial charge in [-0.2, -0.15) is 0 Å². The molecule has 4 N–H and O–H groups in total. The number of aromatic nitrogens is 1. The molecule has 0 spiro atoms. The van der Waals surface area contributed by atoms with Crippen molar-refractivity contribution >= 4 is 68.7 Å². The minimum Gasteiger partial charge on any atom is -0.387 e. The maximum atomic E-state index is 13.1. The molecular weight excluding hydrogens is 730 g/mol. The van der Waals surface area contributed by atoms with Crippen LogP contribution in [-0.2, 0) is 16.0 Å². The van der Waals surface area contributed by atoms with E-state index in [-0.39, 0.29) is 31.4 Å². The third kappa shape index (κ3) is 12.1. The number of rotatable bonds is 13. The van der Waals surface area contributed by atoms with E-state index < -0.39 is 0 Å². The fraction of sp³-hybridized carbons (Fsp3) is 0.381. The Morgan fingerprint density at radius 1 is 0.717 bits per heavy atom. The van der Waals surface area contributed by atoms with E-state index in [4.69, 9.17) is 11.5 Å². The summed E-state index contributed by atoms with van der Waals surface area (Å²) in [6.07, 6.45) is 11.7. The highest BCUT2D eigenvalue weighted by Crippen LogP contribution is 2.31. The number of carbonyl (C=O) groups excluding carboxylic acids is 3. The first-order valence-corrected chi connectivity index (χ1v) is 18.9. The molecule has 3 heterocycles. The average molecular weight is 785 g/mol. The number of ketones is 1. The number of amides is 2. The van der Waals surface area contributed by atoms with Crippen molar-refractivity contribution in [3.8, 4) is 0 Å². The zero-order chi connectivity index (χ0) is 37.6. The van der Waals surface area contributed by atoms with Crippen LogP contribution in [0, 0.1) is 0 Å². The molecule has 53 heavy (non-hydrogen) atoms. The molecule has 2 aliphatic heterocycles. The Hall–Kier alpha value is -4.90. The Morgan fingerprint density at radius 2 is 1.21 bits per heavy atom. The lowest BCUT2D eigenvalue weighted by Crippen LogP contribution is -2.34. The molecule has 0 fully saturated rings. The summed E-state index contributed by atoms with van der Waals surface area (Å²) in [5.41, 5.74) is 18.2. The van der Waals surface area contributed by atoms with Crippen LogP contribution in [0.3, 0.4) is 0 Å². The molecule has 2 aromatic carbocycles. The quantitative estimate of drug-likeness (QED) is 0.166. The van der Waals surface area contributed by atoms with Crippen molar-refractivity contribution in [3.63, 3.8) is 0 Å². The van der Waals surface area contributed by atoms with E-state index in [2.05, 4.69) is 58.6 Å². The van der Waals surface area contributed by atoms with Crippen molar-refractivity contribution in [1.29, 1.82) is 0 Å². The van der Waals surface area contributed by atoms with Gasteiger partial charge in [-0.25, -0.2) is 9.98 Å². The van der Waals surface area contributed by atoms with Gasteiger partial charge in [0.25, 0.3) is 0 Å². The molecule has 0 atom stereocenters. The summed E-state index contributed by atoms with van der Waals surface area (Å²) in [7, 11) is 0. The molecule has 0 bridgehead atoms. The molecule has 0 aliphatic carbocycles. The van der Waals surface area contributed by atoms with Crippen molar-refractivity contribution in [3.05, 3.63) is 98.8 Å². The minimum atomic E-state index is -0.00481. The molecule has 10 nitrogen and oxygen atoms in total. The second kappa shape index (κ2) is 21.0. The Morgan fingerprint density at radius 3 is 1.68 bits per heavy atom. The monoisotopic (exact) mass is 783 g/mol. The lowest BCUT2D eigenvalue weighted by molar-refractivity contribution is -0.128. The predicted octanol–water partition coefficient (Wildman–Crippen LogP) is 8.44. The number of carbonyl (C=O) groups is 3. The second-order valence-corrected chi connectivity index (χ2v) is 13.8. The van der Waals surface area contributed by atoms with Gasteiger partial charge in [0.15, 0.2) is 5.78 Å². The predicted molar refractivity (Wildman–Crippen MR) is 222 cm³/mol. The molecule has 0 saturated carbocycles. The fourth-order valence-electron chi connectivity index (χ4n) is 6.12. The number of fused-ring (bicyclic) bond motifs is 2. The molecule has 0 radical (unpaired) electrons. The number of amidine groups is 2. The van der Waals surface area contributed by atoms with Crippen LogP contribution in [0.1, 0.15) is 101 Å². The van der Waals surface area contributed by atoms with Crippen molar-refractivity contribution in [1.82, 2.24) is 14.8 Å². The Bertz CT molecular complexity index is 1860. The van der Waals surface area contributed by atoms with Crippen molar-refractivity contribution < 1.29 is 14.4 Å². The summed E-state index contributed by atoms with van der Waals surface area (Å²) in [4.78, 5) is 55.1. The minimum absolute atomic E-state index is 0. The number of nitrogens with two attached hydrogens (primary N) is 2. The molecule has 5 rings (SSSR count). The van der Waals surface area contributed by atoms with Crippen LogP contribution < -0.4 is 11.5 Å². The van der Waals surface area contributed by atoms with E-state index in [9.17, 15) is 14.4 Å². The van der Waals surface area contributed by atoms with Gasteiger partial charge in [0.1, 0.15) is 11.7 Å². The molecule has 1 aromatic heterocycles. The fourth-order valence-corrected chi connectivity index (χ4v) is 6.46. The first-order chi connectivity index (χ1) is 25.1. The largest absolute Gasteiger partial charge is 0.387 e. The maximum Gasteiger partial charge on any atom is 0.250 e. The number of halogens is 1. The highest BCUT2D eigenvalue weighted by atomic mass is 79.9. The number of nitrogens with zero attached hydrogens (tertiary/aromatic N) is 5. The van der Waals surface area contributed by atoms with Crippen molar-refractivity contribution in [2.75, 3.05) is 26.2 Å². The van der Waals surface area contributed by atoms with Crippen LogP contribution in [0.2, 0.25) is 0 Å².